The van der Waals surface area contributed by atoms with Crippen LogP contribution < -0.4 is 4.18 Å². The lowest BCUT2D eigenvalue weighted by Gasteiger charge is -2.13. The zero-order chi connectivity index (χ0) is 18.2. The lowest BCUT2D eigenvalue weighted by molar-refractivity contribution is -0.0499. The van der Waals surface area contributed by atoms with Gasteiger partial charge in [0.1, 0.15) is 5.52 Å². The predicted molar refractivity (Wildman–Crippen MR) is 87.8 cm³/mol. The minimum atomic E-state index is -5.78. The summed E-state index contributed by atoms with van der Waals surface area (Å²) >= 11 is 5.85. The summed E-state index contributed by atoms with van der Waals surface area (Å²) in [7, 11) is -5.78. The van der Waals surface area contributed by atoms with Crippen LogP contribution in [0.25, 0.3) is 22.0 Å². The van der Waals surface area contributed by atoms with Crippen molar-refractivity contribution in [3.63, 3.8) is 0 Å². The van der Waals surface area contributed by atoms with Crippen molar-refractivity contribution in [1.82, 2.24) is 4.98 Å². The molecule has 0 atom stereocenters. The molecule has 0 aliphatic heterocycles. The standard InChI is InChI=1S/C16H9ClF3NO3S/c17-11-5-3-10(4-6-11)12-7-8-14(15-13(12)2-1-9-21-15)24-25(22,23)16(18,19)20/h1-9H. The van der Waals surface area contributed by atoms with Gasteiger partial charge in [0, 0.05) is 16.6 Å². The van der Waals surface area contributed by atoms with Crippen LogP contribution in [0.1, 0.15) is 0 Å². The van der Waals surface area contributed by atoms with E-state index in [1.54, 1.807) is 36.4 Å². The Morgan fingerprint density at radius 2 is 1.68 bits per heavy atom. The number of halogens is 4. The molecule has 0 fully saturated rings. The van der Waals surface area contributed by atoms with E-state index in [1.165, 1.54) is 12.3 Å². The Morgan fingerprint density at radius 3 is 2.32 bits per heavy atom. The Balaban J connectivity index is 2.16. The molecule has 0 radical (unpaired) electrons. The Morgan fingerprint density at radius 1 is 1.00 bits per heavy atom. The Bertz CT molecular complexity index is 1030. The van der Waals surface area contributed by atoms with Gasteiger partial charge in [-0.15, -0.1) is 0 Å². The molecule has 0 unspecified atom stereocenters. The van der Waals surface area contributed by atoms with Gasteiger partial charge in [0.05, 0.1) is 0 Å². The van der Waals surface area contributed by atoms with Crippen molar-refractivity contribution in [2.24, 2.45) is 0 Å². The van der Waals surface area contributed by atoms with Gasteiger partial charge in [-0.25, -0.2) is 0 Å². The van der Waals surface area contributed by atoms with E-state index in [0.717, 1.165) is 11.6 Å². The molecule has 0 N–H and O–H groups in total. The molecule has 2 aromatic carbocycles. The number of hydrogen-bond donors (Lipinski definition) is 0. The summed E-state index contributed by atoms with van der Waals surface area (Å²) < 4.78 is 64.5. The first-order valence-corrected chi connectivity index (χ1v) is 8.62. The first-order chi connectivity index (χ1) is 11.7. The zero-order valence-electron chi connectivity index (χ0n) is 12.3. The average molecular weight is 388 g/mol. The minimum Gasteiger partial charge on any atom is -0.374 e. The summed E-state index contributed by atoms with van der Waals surface area (Å²) in [5.41, 5.74) is -4.13. The molecule has 0 spiro atoms. The van der Waals surface area contributed by atoms with Crippen molar-refractivity contribution in [3.05, 3.63) is 59.8 Å². The maximum Gasteiger partial charge on any atom is 0.534 e. The number of hydrogen-bond acceptors (Lipinski definition) is 4. The summed E-state index contributed by atoms with van der Waals surface area (Å²) in [5.74, 6) is -0.495. The molecule has 130 valence electrons. The van der Waals surface area contributed by atoms with Gasteiger partial charge in [-0.05, 0) is 41.5 Å². The molecule has 0 saturated heterocycles. The van der Waals surface area contributed by atoms with Crippen molar-refractivity contribution < 1.29 is 25.8 Å². The minimum absolute atomic E-state index is 0.00257. The van der Waals surface area contributed by atoms with Crippen LogP contribution in [0.2, 0.25) is 5.02 Å². The molecule has 0 aliphatic carbocycles. The van der Waals surface area contributed by atoms with Crippen LogP contribution in [-0.2, 0) is 10.1 Å². The van der Waals surface area contributed by atoms with E-state index in [4.69, 9.17) is 11.6 Å². The highest BCUT2D eigenvalue weighted by Crippen LogP contribution is 2.36. The van der Waals surface area contributed by atoms with Crippen molar-refractivity contribution in [2.45, 2.75) is 5.51 Å². The molecule has 3 rings (SSSR count). The van der Waals surface area contributed by atoms with Gasteiger partial charge < -0.3 is 4.18 Å². The van der Waals surface area contributed by atoms with Gasteiger partial charge in [-0.1, -0.05) is 29.8 Å². The van der Waals surface area contributed by atoms with Gasteiger partial charge in [-0.2, -0.15) is 21.6 Å². The topological polar surface area (TPSA) is 56.3 Å². The second-order valence-corrected chi connectivity index (χ2v) is 6.98. The fourth-order valence-corrected chi connectivity index (χ4v) is 2.85. The fraction of sp³-hybridized carbons (Fsp3) is 0.0625. The highest BCUT2D eigenvalue weighted by Gasteiger charge is 2.48. The number of aromatic nitrogens is 1. The number of alkyl halides is 3. The quantitative estimate of drug-likeness (QED) is 0.479. The lowest BCUT2D eigenvalue weighted by Crippen LogP contribution is -2.28. The third-order valence-electron chi connectivity index (χ3n) is 3.37. The van der Waals surface area contributed by atoms with Gasteiger partial charge in [0.2, 0.25) is 0 Å². The van der Waals surface area contributed by atoms with Gasteiger partial charge >= 0.3 is 15.6 Å². The van der Waals surface area contributed by atoms with Crippen LogP contribution in [0.4, 0.5) is 13.2 Å². The van der Waals surface area contributed by atoms with E-state index < -0.39 is 21.4 Å². The molecular formula is C16H9ClF3NO3S. The number of nitrogens with zero attached hydrogens (tertiary/aromatic N) is 1. The normalized spacial score (nSPS) is 12.3. The van der Waals surface area contributed by atoms with Crippen LogP contribution in [0.15, 0.2) is 54.7 Å². The van der Waals surface area contributed by atoms with Crippen LogP contribution in [0, 0.1) is 0 Å². The van der Waals surface area contributed by atoms with E-state index in [2.05, 4.69) is 9.17 Å². The van der Waals surface area contributed by atoms with Crippen LogP contribution in [-0.4, -0.2) is 18.9 Å². The van der Waals surface area contributed by atoms with Gasteiger partial charge in [0.15, 0.2) is 5.75 Å². The van der Waals surface area contributed by atoms with Crippen molar-refractivity contribution in [1.29, 1.82) is 0 Å². The molecule has 1 aromatic heterocycles. The van der Waals surface area contributed by atoms with E-state index in [9.17, 15) is 21.6 Å². The van der Waals surface area contributed by atoms with Gasteiger partial charge in [-0.3, -0.25) is 4.98 Å². The molecule has 3 aromatic rings. The van der Waals surface area contributed by atoms with Crippen molar-refractivity contribution in [2.75, 3.05) is 0 Å². The van der Waals surface area contributed by atoms with Crippen LogP contribution in [0.5, 0.6) is 5.75 Å². The average Bonchev–Trinajstić information content (AvgIpc) is 2.55. The summed E-state index contributed by atoms with van der Waals surface area (Å²) in [4.78, 5) is 3.97. The molecule has 1 heterocycles. The molecule has 25 heavy (non-hydrogen) atoms. The molecule has 9 heteroatoms. The summed E-state index contributed by atoms with van der Waals surface area (Å²) in [6.45, 7) is 0. The Hall–Kier alpha value is -2.32. The molecule has 0 saturated carbocycles. The molecule has 0 aliphatic rings. The molecular weight excluding hydrogens is 379 g/mol. The number of benzene rings is 2. The Labute approximate surface area is 146 Å². The summed E-state index contributed by atoms with van der Waals surface area (Å²) in [6, 6.07) is 12.6. The van der Waals surface area contributed by atoms with Gasteiger partial charge in [0.25, 0.3) is 0 Å². The molecule has 4 nitrogen and oxygen atoms in total. The smallest absolute Gasteiger partial charge is 0.374 e. The fourth-order valence-electron chi connectivity index (χ4n) is 2.26. The highest BCUT2D eigenvalue weighted by molar-refractivity contribution is 7.88. The largest absolute Gasteiger partial charge is 0.534 e. The number of fused-ring (bicyclic) bond motifs is 1. The second-order valence-electron chi connectivity index (χ2n) is 5.00. The highest BCUT2D eigenvalue weighted by atomic mass is 35.5. The van der Waals surface area contributed by atoms with Crippen molar-refractivity contribution in [3.8, 4) is 16.9 Å². The maximum absolute atomic E-state index is 12.6. The number of pyridine rings is 1. The zero-order valence-corrected chi connectivity index (χ0v) is 13.9. The SMILES string of the molecule is O=S(=O)(Oc1ccc(-c2ccc(Cl)cc2)c2cccnc12)C(F)(F)F. The maximum atomic E-state index is 12.6. The van der Waals surface area contributed by atoms with E-state index in [-0.39, 0.29) is 5.52 Å². The molecule has 0 amide bonds. The molecule has 0 bridgehead atoms. The van der Waals surface area contributed by atoms with E-state index >= 15 is 0 Å². The second kappa shape index (κ2) is 6.20. The first kappa shape index (κ1) is 17.5. The lowest BCUT2D eigenvalue weighted by atomic mass is 10.0. The predicted octanol–water partition coefficient (Wildman–Crippen LogP) is 4.78. The van der Waals surface area contributed by atoms with Crippen LogP contribution in [0.3, 0.4) is 0 Å². The number of rotatable bonds is 3. The summed E-state index contributed by atoms with van der Waals surface area (Å²) in [5, 5.41) is 0.974. The Kier molecular flexibility index (Phi) is 4.34. The monoisotopic (exact) mass is 387 g/mol. The van der Waals surface area contributed by atoms with E-state index in [0.29, 0.717) is 16.0 Å². The van der Waals surface area contributed by atoms with Crippen LogP contribution >= 0.6 is 11.6 Å². The summed E-state index contributed by atoms with van der Waals surface area (Å²) in [6.07, 6.45) is 1.33. The van der Waals surface area contributed by atoms with Crippen molar-refractivity contribution >= 4 is 32.6 Å². The third-order valence-corrected chi connectivity index (χ3v) is 4.59. The third kappa shape index (κ3) is 3.40. The first-order valence-electron chi connectivity index (χ1n) is 6.83. The van der Waals surface area contributed by atoms with E-state index in [1.807, 2.05) is 0 Å².